The molecule has 1 saturated carbocycles. The van der Waals surface area contributed by atoms with Gasteiger partial charge in [-0.25, -0.2) is 0 Å². The number of hydrogen-bond donors (Lipinski definition) is 3. The van der Waals surface area contributed by atoms with E-state index in [4.69, 9.17) is 0 Å². The van der Waals surface area contributed by atoms with Crippen LogP contribution in [0.1, 0.15) is 33.1 Å². The van der Waals surface area contributed by atoms with Crippen molar-refractivity contribution in [3.8, 4) is 0 Å². The molecule has 3 N–H and O–H groups in total. The number of aliphatic hydroxyl groups is 1. The first kappa shape index (κ1) is 16.4. The number of carbonyl (C=O) groups is 3. The summed E-state index contributed by atoms with van der Waals surface area (Å²) in [6.45, 7) is 6.05. The molecule has 4 unspecified atom stereocenters. The molecular formula is C14H20O6. The first-order valence-electron chi connectivity index (χ1n) is 6.51. The smallest absolute Gasteiger partial charge is 0.319 e. The van der Waals surface area contributed by atoms with Crippen LogP contribution in [-0.2, 0) is 14.4 Å². The van der Waals surface area contributed by atoms with Gasteiger partial charge in [0.25, 0.3) is 0 Å². The molecule has 6 nitrogen and oxygen atoms in total. The number of aliphatic hydroxyl groups excluding tert-OH is 1. The van der Waals surface area contributed by atoms with Gasteiger partial charge in [-0.2, -0.15) is 0 Å². The van der Waals surface area contributed by atoms with Gasteiger partial charge in [-0.3, -0.25) is 14.4 Å². The largest absolute Gasteiger partial charge is 0.481 e. The lowest BCUT2D eigenvalue weighted by molar-refractivity contribution is -0.200. The highest BCUT2D eigenvalue weighted by Gasteiger charge is 2.70. The summed E-state index contributed by atoms with van der Waals surface area (Å²) in [7, 11) is 0. The molecule has 0 heterocycles. The van der Waals surface area contributed by atoms with E-state index in [1.165, 1.54) is 13.8 Å². The molecule has 0 aromatic heterocycles. The van der Waals surface area contributed by atoms with E-state index in [1.54, 1.807) is 0 Å². The van der Waals surface area contributed by atoms with Gasteiger partial charge in [-0.05, 0) is 31.8 Å². The van der Waals surface area contributed by atoms with Crippen LogP contribution < -0.4 is 0 Å². The number of rotatable bonds is 5. The summed E-state index contributed by atoms with van der Waals surface area (Å²) in [5.41, 5.74) is -4.23. The SMILES string of the molecule is C=CC(=O)C1(C(=O)O)C(C)CCCC1(C(=O)O)C(C)O. The third kappa shape index (κ3) is 1.78. The quantitative estimate of drug-likeness (QED) is 0.514. The van der Waals surface area contributed by atoms with E-state index in [1.807, 2.05) is 0 Å². The molecule has 1 rings (SSSR count). The summed E-state index contributed by atoms with van der Waals surface area (Å²) in [6, 6.07) is 0. The van der Waals surface area contributed by atoms with Crippen molar-refractivity contribution in [1.29, 1.82) is 0 Å². The van der Waals surface area contributed by atoms with Gasteiger partial charge in [0.15, 0.2) is 11.2 Å². The van der Waals surface area contributed by atoms with Gasteiger partial charge in [0, 0.05) is 0 Å². The molecule has 0 aromatic carbocycles. The second-order valence-corrected chi connectivity index (χ2v) is 5.43. The molecule has 6 heteroatoms. The summed E-state index contributed by atoms with van der Waals surface area (Å²) in [5.74, 6) is -4.54. The number of carboxylic acids is 2. The molecule has 0 aromatic rings. The van der Waals surface area contributed by atoms with Gasteiger partial charge >= 0.3 is 11.9 Å². The van der Waals surface area contributed by atoms with Crippen LogP contribution in [-0.4, -0.2) is 39.1 Å². The van der Waals surface area contributed by atoms with Gasteiger partial charge in [-0.1, -0.05) is 19.9 Å². The molecule has 20 heavy (non-hydrogen) atoms. The van der Waals surface area contributed by atoms with Gasteiger partial charge in [0.05, 0.1) is 6.10 Å². The van der Waals surface area contributed by atoms with Gasteiger partial charge in [-0.15, -0.1) is 0 Å². The predicted octanol–water partition coefficient (Wildman–Crippen LogP) is 1.08. The lowest BCUT2D eigenvalue weighted by Crippen LogP contribution is -2.65. The third-order valence-electron chi connectivity index (χ3n) is 4.66. The van der Waals surface area contributed by atoms with Gasteiger partial charge in [0.1, 0.15) is 5.41 Å². The molecule has 0 spiro atoms. The molecule has 0 amide bonds. The Hall–Kier alpha value is -1.69. The van der Waals surface area contributed by atoms with E-state index < -0.39 is 40.6 Å². The zero-order valence-corrected chi connectivity index (χ0v) is 11.6. The highest BCUT2D eigenvalue weighted by Crippen LogP contribution is 2.57. The van der Waals surface area contributed by atoms with E-state index in [0.717, 1.165) is 6.08 Å². The maximum atomic E-state index is 12.3. The number of carboxylic acid groups (broad SMARTS) is 2. The van der Waals surface area contributed by atoms with Crippen LogP contribution in [0.15, 0.2) is 12.7 Å². The number of ketones is 1. The molecule has 4 atom stereocenters. The summed E-state index contributed by atoms with van der Waals surface area (Å²) in [4.78, 5) is 36.0. The Balaban J connectivity index is 3.75. The lowest BCUT2D eigenvalue weighted by Gasteiger charge is -2.51. The molecule has 0 radical (unpaired) electrons. The highest BCUT2D eigenvalue weighted by molar-refractivity contribution is 6.12. The molecule has 112 valence electrons. The number of aliphatic carboxylic acids is 2. The first-order chi connectivity index (χ1) is 9.19. The standard InChI is InChI=1S/C14H20O6/c1-4-10(16)14(12(19)20)8(2)6-5-7-13(14,9(3)15)11(17)18/h4,8-9,15H,1,5-7H2,2-3H3,(H,17,18)(H,19,20). The zero-order valence-electron chi connectivity index (χ0n) is 11.6. The van der Waals surface area contributed by atoms with E-state index in [2.05, 4.69) is 6.58 Å². The van der Waals surface area contributed by atoms with Crippen molar-refractivity contribution in [1.82, 2.24) is 0 Å². The normalized spacial score (nSPS) is 35.0. The minimum absolute atomic E-state index is 0.0593. The third-order valence-corrected chi connectivity index (χ3v) is 4.66. The molecule has 1 fully saturated rings. The Kier molecular flexibility index (Phi) is 4.39. The molecule has 0 aliphatic heterocycles. The van der Waals surface area contributed by atoms with Crippen LogP contribution >= 0.6 is 0 Å². The fourth-order valence-electron chi connectivity index (χ4n) is 3.66. The summed E-state index contributed by atoms with van der Waals surface area (Å²) < 4.78 is 0. The highest BCUT2D eigenvalue weighted by atomic mass is 16.4. The van der Waals surface area contributed by atoms with E-state index in [9.17, 15) is 29.7 Å². The van der Waals surface area contributed by atoms with Crippen molar-refractivity contribution in [3.05, 3.63) is 12.7 Å². The Morgan fingerprint density at radius 3 is 2.20 bits per heavy atom. The van der Waals surface area contributed by atoms with E-state index in [0.29, 0.717) is 12.8 Å². The molecule has 1 aliphatic carbocycles. The number of carbonyl (C=O) groups excluding carboxylic acids is 1. The van der Waals surface area contributed by atoms with Gasteiger partial charge < -0.3 is 15.3 Å². The minimum Gasteiger partial charge on any atom is -0.481 e. The van der Waals surface area contributed by atoms with Crippen molar-refractivity contribution in [3.63, 3.8) is 0 Å². The van der Waals surface area contributed by atoms with Crippen molar-refractivity contribution in [2.75, 3.05) is 0 Å². The summed E-state index contributed by atoms with van der Waals surface area (Å²) in [5, 5.41) is 29.3. The second-order valence-electron chi connectivity index (χ2n) is 5.43. The fourth-order valence-corrected chi connectivity index (χ4v) is 3.66. The average Bonchev–Trinajstić information content (AvgIpc) is 2.36. The van der Waals surface area contributed by atoms with E-state index in [-0.39, 0.29) is 6.42 Å². The predicted molar refractivity (Wildman–Crippen MR) is 70.0 cm³/mol. The Morgan fingerprint density at radius 1 is 1.30 bits per heavy atom. The van der Waals surface area contributed by atoms with Crippen molar-refractivity contribution < 1.29 is 29.7 Å². The van der Waals surface area contributed by atoms with Crippen LogP contribution in [0.2, 0.25) is 0 Å². The number of allylic oxidation sites excluding steroid dienone is 1. The Morgan fingerprint density at radius 2 is 1.85 bits per heavy atom. The Labute approximate surface area is 117 Å². The average molecular weight is 284 g/mol. The monoisotopic (exact) mass is 284 g/mol. The molecule has 0 bridgehead atoms. The second kappa shape index (κ2) is 5.36. The lowest BCUT2D eigenvalue weighted by atomic mass is 9.48. The maximum Gasteiger partial charge on any atom is 0.319 e. The summed E-state index contributed by atoms with van der Waals surface area (Å²) in [6.07, 6.45) is 0.167. The fraction of sp³-hybridized carbons (Fsp3) is 0.643. The van der Waals surface area contributed by atoms with Crippen LogP contribution in [0.5, 0.6) is 0 Å². The van der Waals surface area contributed by atoms with Crippen LogP contribution in [0.4, 0.5) is 0 Å². The molecule has 0 saturated heterocycles. The van der Waals surface area contributed by atoms with Crippen LogP contribution in [0.3, 0.4) is 0 Å². The zero-order chi connectivity index (χ0) is 15.7. The summed E-state index contributed by atoms with van der Waals surface area (Å²) >= 11 is 0. The van der Waals surface area contributed by atoms with Crippen molar-refractivity contribution >= 4 is 17.7 Å². The van der Waals surface area contributed by atoms with Crippen LogP contribution in [0, 0.1) is 16.7 Å². The number of hydrogen-bond acceptors (Lipinski definition) is 4. The maximum absolute atomic E-state index is 12.3. The van der Waals surface area contributed by atoms with E-state index >= 15 is 0 Å². The molecular weight excluding hydrogens is 264 g/mol. The van der Waals surface area contributed by atoms with Gasteiger partial charge in [0.2, 0.25) is 0 Å². The Bertz CT molecular complexity index is 455. The topological polar surface area (TPSA) is 112 Å². The van der Waals surface area contributed by atoms with Crippen molar-refractivity contribution in [2.45, 2.75) is 39.2 Å². The first-order valence-corrected chi connectivity index (χ1v) is 6.51. The van der Waals surface area contributed by atoms with Crippen molar-refractivity contribution in [2.24, 2.45) is 16.7 Å². The molecule has 1 aliphatic rings. The minimum atomic E-state index is -2.19. The van der Waals surface area contributed by atoms with Crippen LogP contribution in [0.25, 0.3) is 0 Å².